The average molecular weight is 269 g/mol. The zero-order valence-electron chi connectivity index (χ0n) is 11.7. The van der Waals surface area contributed by atoms with Gasteiger partial charge in [-0.3, -0.25) is 4.79 Å². The number of carboxylic acid groups (broad SMARTS) is 1. The minimum Gasteiger partial charge on any atom is -0.496 e. The van der Waals surface area contributed by atoms with E-state index in [1.54, 1.807) is 25.9 Å². The second-order valence-corrected chi connectivity index (χ2v) is 4.65. The van der Waals surface area contributed by atoms with Gasteiger partial charge in [-0.2, -0.15) is 0 Å². The van der Waals surface area contributed by atoms with E-state index in [1.807, 2.05) is 0 Å². The van der Waals surface area contributed by atoms with Crippen molar-refractivity contribution in [2.24, 2.45) is 5.92 Å². The molecule has 0 aliphatic heterocycles. The first-order valence-corrected chi connectivity index (χ1v) is 6.15. The van der Waals surface area contributed by atoms with Gasteiger partial charge in [-0.05, 0) is 38.7 Å². The third-order valence-electron chi connectivity index (χ3n) is 3.20. The molecule has 106 valence electrons. The number of carbonyl (C=O) groups is 1. The van der Waals surface area contributed by atoms with Crippen molar-refractivity contribution in [3.63, 3.8) is 0 Å². The van der Waals surface area contributed by atoms with Crippen LogP contribution in [0.1, 0.15) is 24.9 Å². The fourth-order valence-corrected chi connectivity index (χ4v) is 2.32. The van der Waals surface area contributed by atoms with Gasteiger partial charge in [-0.15, -0.1) is 0 Å². The number of benzene rings is 1. The molecule has 5 heteroatoms. The van der Waals surface area contributed by atoms with Gasteiger partial charge >= 0.3 is 5.97 Å². The fraction of sp³-hybridized carbons (Fsp3) is 0.500. The molecular weight excluding hydrogens is 249 g/mol. The third kappa shape index (κ3) is 3.44. The Morgan fingerprint density at radius 1 is 1.47 bits per heavy atom. The van der Waals surface area contributed by atoms with Crippen molar-refractivity contribution in [2.75, 3.05) is 21.2 Å². The Morgan fingerprint density at radius 2 is 2.11 bits per heavy atom. The molecule has 0 spiro atoms. The molecule has 0 amide bonds. The topological polar surface area (TPSA) is 49.8 Å². The molecule has 0 fully saturated rings. The molecule has 1 aromatic rings. The lowest BCUT2D eigenvalue weighted by molar-refractivity contribution is -0.144. The summed E-state index contributed by atoms with van der Waals surface area (Å²) in [6.07, 6.45) is 0.456. The Hall–Kier alpha value is -1.62. The number of carboxylic acids is 1. The molecule has 0 radical (unpaired) electrons. The molecule has 0 saturated heterocycles. The van der Waals surface area contributed by atoms with Crippen molar-refractivity contribution in [3.05, 3.63) is 29.6 Å². The number of methoxy groups -OCH3 is 1. The minimum atomic E-state index is -0.896. The van der Waals surface area contributed by atoms with Crippen LogP contribution >= 0.6 is 0 Å². The van der Waals surface area contributed by atoms with Crippen LogP contribution in [0, 0.1) is 11.7 Å². The van der Waals surface area contributed by atoms with Crippen molar-refractivity contribution in [1.82, 2.24) is 4.90 Å². The summed E-state index contributed by atoms with van der Waals surface area (Å²) in [7, 11) is 5.05. The highest BCUT2D eigenvalue weighted by Gasteiger charge is 2.32. The van der Waals surface area contributed by atoms with Crippen LogP contribution in [-0.2, 0) is 4.79 Å². The number of halogens is 1. The first kappa shape index (κ1) is 15.4. The van der Waals surface area contributed by atoms with Gasteiger partial charge in [0, 0.05) is 5.56 Å². The number of rotatable bonds is 6. The zero-order valence-corrected chi connectivity index (χ0v) is 11.7. The van der Waals surface area contributed by atoms with E-state index in [9.17, 15) is 14.3 Å². The number of hydrogen-bond acceptors (Lipinski definition) is 3. The Bertz CT molecular complexity index is 448. The van der Waals surface area contributed by atoms with E-state index in [2.05, 4.69) is 0 Å². The minimum absolute atomic E-state index is 0.400. The SMILES string of the molecule is CCC(C(=O)O)C(c1cc(F)ccc1OC)N(C)C. The quantitative estimate of drug-likeness (QED) is 0.862. The van der Waals surface area contributed by atoms with Crippen molar-refractivity contribution in [3.8, 4) is 5.75 Å². The molecule has 0 aliphatic rings. The summed E-state index contributed by atoms with van der Waals surface area (Å²) in [5, 5.41) is 9.33. The Labute approximate surface area is 112 Å². The molecule has 0 aromatic heterocycles. The van der Waals surface area contributed by atoms with Gasteiger partial charge in [0.05, 0.1) is 19.1 Å². The van der Waals surface area contributed by atoms with E-state index >= 15 is 0 Å². The van der Waals surface area contributed by atoms with Crippen LogP contribution in [0.2, 0.25) is 0 Å². The van der Waals surface area contributed by atoms with Crippen molar-refractivity contribution < 1.29 is 19.0 Å². The molecule has 1 aromatic carbocycles. The highest BCUT2D eigenvalue weighted by Crippen LogP contribution is 2.35. The molecule has 19 heavy (non-hydrogen) atoms. The van der Waals surface area contributed by atoms with Crippen LogP contribution in [0.5, 0.6) is 5.75 Å². The molecule has 1 rings (SSSR count). The number of hydrogen-bond donors (Lipinski definition) is 1. The summed E-state index contributed by atoms with van der Waals surface area (Å²) in [4.78, 5) is 13.2. The molecule has 2 atom stereocenters. The lowest BCUT2D eigenvalue weighted by atomic mass is 9.89. The first-order valence-electron chi connectivity index (χ1n) is 6.15. The fourth-order valence-electron chi connectivity index (χ4n) is 2.32. The molecule has 0 saturated carbocycles. The van der Waals surface area contributed by atoms with Gasteiger partial charge in [-0.1, -0.05) is 6.92 Å². The first-order chi connectivity index (χ1) is 8.92. The molecular formula is C14H20FNO3. The second kappa shape index (κ2) is 6.52. The van der Waals surface area contributed by atoms with Gasteiger partial charge in [0.15, 0.2) is 0 Å². The molecule has 4 nitrogen and oxygen atoms in total. The Morgan fingerprint density at radius 3 is 2.53 bits per heavy atom. The van der Waals surface area contributed by atoms with Crippen LogP contribution in [0.3, 0.4) is 0 Å². The zero-order chi connectivity index (χ0) is 14.6. The highest BCUT2D eigenvalue weighted by atomic mass is 19.1. The van der Waals surface area contributed by atoms with E-state index in [1.165, 1.54) is 25.3 Å². The standard InChI is InChI=1S/C14H20FNO3/c1-5-10(14(17)18)13(16(2)3)11-8-9(15)6-7-12(11)19-4/h6-8,10,13H,5H2,1-4H3,(H,17,18). The maximum atomic E-state index is 13.5. The third-order valence-corrected chi connectivity index (χ3v) is 3.20. The van der Waals surface area contributed by atoms with Crippen LogP contribution in [0.4, 0.5) is 4.39 Å². The number of aliphatic carboxylic acids is 1. The van der Waals surface area contributed by atoms with Gasteiger partial charge in [0.2, 0.25) is 0 Å². The highest BCUT2D eigenvalue weighted by molar-refractivity contribution is 5.71. The van der Waals surface area contributed by atoms with Crippen molar-refractivity contribution in [2.45, 2.75) is 19.4 Å². The summed E-state index contributed by atoms with van der Waals surface area (Å²) in [6, 6.07) is 3.73. The summed E-state index contributed by atoms with van der Waals surface area (Å²) in [5.41, 5.74) is 0.557. The Kier molecular flexibility index (Phi) is 5.30. The summed E-state index contributed by atoms with van der Waals surface area (Å²) >= 11 is 0. The molecule has 0 heterocycles. The summed E-state index contributed by atoms with van der Waals surface area (Å²) < 4.78 is 18.7. The molecule has 1 N–H and O–H groups in total. The summed E-state index contributed by atoms with van der Waals surface area (Å²) in [5.74, 6) is -1.42. The average Bonchev–Trinajstić information content (AvgIpc) is 2.34. The summed E-state index contributed by atoms with van der Waals surface area (Å²) in [6.45, 7) is 1.81. The van der Waals surface area contributed by atoms with Crippen LogP contribution in [0.15, 0.2) is 18.2 Å². The maximum absolute atomic E-state index is 13.5. The van der Waals surface area contributed by atoms with Crippen LogP contribution < -0.4 is 4.74 Å². The van der Waals surface area contributed by atoms with Crippen LogP contribution in [-0.4, -0.2) is 37.2 Å². The lowest BCUT2D eigenvalue weighted by Crippen LogP contribution is -2.32. The van der Waals surface area contributed by atoms with Gasteiger partial charge in [0.1, 0.15) is 11.6 Å². The van der Waals surface area contributed by atoms with E-state index in [4.69, 9.17) is 4.74 Å². The second-order valence-electron chi connectivity index (χ2n) is 4.65. The van der Waals surface area contributed by atoms with Crippen molar-refractivity contribution >= 4 is 5.97 Å². The monoisotopic (exact) mass is 269 g/mol. The van der Waals surface area contributed by atoms with E-state index in [0.717, 1.165) is 0 Å². The van der Waals surface area contributed by atoms with Gasteiger partial charge in [0.25, 0.3) is 0 Å². The van der Waals surface area contributed by atoms with Gasteiger partial charge in [-0.25, -0.2) is 4.39 Å². The van der Waals surface area contributed by atoms with Crippen LogP contribution in [0.25, 0.3) is 0 Å². The molecule has 0 bridgehead atoms. The Balaban J connectivity index is 3.33. The largest absolute Gasteiger partial charge is 0.496 e. The normalized spacial score (nSPS) is 14.2. The van der Waals surface area contributed by atoms with Crippen molar-refractivity contribution in [1.29, 1.82) is 0 Å². The van der Waals surface area contributed by atoms with Gasteiger partial charge < -0.3 is 14.7 Å². The smallest absolute Gasteiger partial charge is 0.308 e. The lowest BCUT2D eigenvalue weighted by Gasteiger charge is -2.30. The maximum Gasteiger partial charge on any atom is 0.308 e. The van der Waals surface area contributed by atoms with E-state index < -0.39 is 23.7 Å². The number of nitrogens with zero attached hydrogens (tertiary/aromatic N) is 1. The molecule has 2 unspecified atom stereocenters. The predicted molar refractivity (Wildman–Crippen MR) is 70.8 cm³/mol. The predicted octanol–water partition coefficient (Wildman–Crippen LogP) is 2.55. The number of ether oxygens (including phenoxy) is 1. The molecule has 0 aliphatic carbocycles. The van der Waals surface area contributed by atoms with E-state index in [-0.39, 0.29) is 0 Å². The van der Waals surface area contributed by atoms with E-state index in [0.29, 0.717) is 17.7 Å².